The van der Waals surface area contributed by atoms with Crippen molar-refractivity contribution in [2.45, 2.75) is 58.9 Å². The average Bonchev–Trinajstić information content (AvgIpc) is 2.59. The van der Waals surface area contributed by atoms with Gasteiger partial charge in [0.15, 0.2) is 0 Å². The van der Waals surface area contributed by atoms with E-state index in [2.05, 4.69) is 17.6 Å². The third kappa shape index (κ3) is 4.97. The summed E-state index contributed by atoms with van der Waals surface area (Å²) >= 11 is 0. The predicted molar refractivity (Wildman–Crippen MR) is 67.3 cm³/mol. The van der Waals surface area contributed by atoms with Crippen molar-refractivity contribution in [2.75, 3.05) is 13.1 Å². The van der Waals surface area contributed by atoms with Gasteiger partial charge in [-0.3, -0.25) is 4.79 Å². The van der Waals surface area contributed by atoms with E-state index >= 15 is 0 Å². The first-order valence-electron chi connectivity index (χ1n) is 6.52. The minimum absolute atomic E-state index is 0.152. The summed E-state index contributed by atoms with van der Waals surface area (Å²) in [6, 6.07) is 0.250. The van der Waals surface area contributed by atoms with Gasteiger partial charge in [-0.15, -0.1) is 0 Å². The van der Waals surface area contributed by atoms with E-state index in [1.165, 1.54) is 25.7 Å². The molecule has 0 aromatic rings. The summed E-state index contributed by atoms with van der Waals surface area (Å²) in [6.45, 7) is 8.19. The topological polar surface area (TPSA) is 41.1 Å². The van der Waals surface area contributed by atoms with Gasteiger partial charge in [-0.1, -0.05) is 19.8 Å². The highest BCUT2D eigenvalue weighted by Gasteiger charge is 2.27. The highest BCUT2D eigenvalue weighted by Crippen LogP contribution is 2.36. The maximum atomic E-state index is 11.4. The summed E-state index contributed by atoms with van der Waals surface area (Å²) < 4.78 is 0. The van der Waals surface area contributed by atoms with Crippen molar-refractivity contribution in [3.63, 3.8) is 0 Å². The Morgan fingerprint density at radius 2 is 1.94 bits per heavy atom. The van der Waals surface area contributed by atoms with Crippen molar-refractivity contribution in [2.24, 2.45) is 5.41 Å². The molecule has 1 fully saturated rings. The zero-order chi connectivity index (χ0) is 12.0. The van der Waals surface area contributed by atoms with Crippen LogP contribution in [0.4, 0.5) is 0 Å². The fourth-order valence-corrected chi connectivity index (χ4v) is 2.39. The van der Waals surface area contributed by atoms with Crippen LogP contribution in [-0.4, -0.2) is 25.0 Å². The predicted octanol–water partition coefficient (Wildman–Crippen LogP) is 2.07. The number of carbonyl (C=O) groups is 1. The van der Waals surface area contributed by atoms with Crippen molar-refractivity contribution in [1.82, 2.24) is 10.6 Å². The number of amides is 1. The molecule has 0 heterocycles. The molecule has 1 amide bonds. The van der Waals surface area contributed by atoms with Gasteiger partial charge in [0.05, 0.1) is 0 Å². The van der Waals surface area contributed by atoms with Crippen LogP contribution in [0.15, 0.2) is 0 Å². The molecule has 0 radical (unpaired) electrons. The molecule has 0 aromatic carbocycles. The first-order chi connectivity index (χ1) is 7.52. The fourth-order valence-electron chi connectivity index (χ4n) is 2.39. The molecular formula is C13H26N2O. The molecule has 94 valence electrons. The van der Waals surface area contributed by atoms with Crippen LogP contribution in [0.3, 0.4) is 0 Å². The van der Waals surface area contributed by atoms with Crippen molar-refractivity contribution in [3.05, 3.63) is 0 Å². The Morgan fingerprint density at radius 3 is 2.50 bits per heavy atom. The smallest absolute Gasteiger partial charge is 0.221 e. The summed E-state index contributed by atoms with van der Waals surface area (Å²) in [4.78, 5) is 11.4. The fraction of sp³-hybridized carbons (Fsp3) is 0.923. The summed E-state index contributed by atoms with van der Waals surface area (Å²) in [6.07, 6.45) is 5.99. The molecule has 0 atom stereocenters. The highest BCUT2D eigenvalue weighted by atomic mass is 16.1. The van der Waals surface area contributed by atoms with E-state index in [0.717, 1.165) is 13.1 Å². The van der Waals surface area contributed by atoms with Gasteiger partial charge in [-0.25, -0.2) is 0 Å². The first kappa shape index (κ1) is 13.5. The van der Waals surface area contributed by atoms with Crippen LogP contribution in [0.25, 0.3) is 0 Å². The lowest BCUT2D eigenvalue weighted by atomic mass is 9.89. The number of nitrogens with one attached hydrogen (secondary N) is 2. The third-order valence-electron chi connectivity index (χ3n) is 3.34. The van der Waals surface area contributed by atoms with Crippen molar-refractivity contribution >= 4 is 5.91 Å². The van der Waals surface area contributed by atoms with Crippen molar-refractivity contribution < 1.29 is 4.79 Å². The SMILES string of the molecule is CC(C)NC(=O)CCNCC1(C)CCCC1. The molecule has 1 aliphatic rings. The zero-order valence-electron chi connectivity index (χ0n) is 10.9. The van der Waals surface area contributed by atoms with E-state index in [1.54, 1.807) is 0 Å². The lowest BCUT2D eigenvalue weighted by Gasteiger charge is -2.23. The van der Waals surface area contributed by atoms with E-state index in [4.69, 9.17) is 0 Å². The van der Waals surface area contributed by atoms with Crippen LogP contribution in [-0.2, 0) is 4.79 Å². The Hall–Kier alpha value is -0.570. The molecule has 1 saturated carbocycles. The minimum Gasteiger partial charge on any atom is -0.354 e. The average molecular weight is 226 g/mol. The largest absolute Gasteiger partial charge is 0.354 e. The number of rotatable bonds is 6. The van der Waals surface area contributed by atoms with Gasteiger partial charge in [0, 0.05) is 25.6 Å². The highest BCUT2D eigenvalue weighted by molar-refractivity contribution is 5.76. The van der Waals surface area contributed by atoms with Gasteiger partial charge in [-0.05, 0) is 32.1 Å². The maximum Gasteiger partial charge on any atom is 0.221 e. The monoisotopic (exact) mass is 226 g/mol. The van der Waals surface area contributed by atoms with E-state index in [0.29, 0.717) is 11.8 Å². The Labute approximate surface area is 99.4 Å². The van der Waals surface area contributed by atoms with Crippen molar-refractivity contribution in [3.8, 4) is 0 Å². The standard InChI is InChI=1S/C13H26N2O/c1-11(2)15-12(16)6-9-14-10-13(3)7-4-5-8-13/h11,14H,4-10H2,1-3H3,(H,15,16). The summed E-state index contributed by atoms with van der Waals surface area (Å²) in [7, 11) is 0. The van der Waals surface area contributed by atoms with E-state index in [-0.39, 0.29) is 11.9 Å². The molecule has 0 aromatic heterocycles. The van der Waals surface area contributed by atoms with E-state index in [9.17, 15) is 4.79 Å². The maximum absolute atomic E-state index is 11.4. The van der Waals surface area contributed by atoms with Crippen LogP contribution < -0.4 is 10.6 Å². The second-order valence-corrected chi connectivity index (χ2v) is 5.67. The Morgan fingerprint density at radius 1 is 1.31 bits per heavy atom. The molecular weight excluding hydrogens is 200 g/mol. The molecule has 0 spiro atoms. The molecule has 2 N–H and O–H groups in total. The summed E-state index contributed by atoms with van der Waals surface area (Å²) in [5, 5.41) is 6.31. The van der Waals surface area contributed by atoms with Crippen LogP contribution in [0.1, 0.15) is 52.9 Å². The second kappa shape index (κ2) is 6.24. The zero-order valence-corrected chi connectivity index (χ0v) is 10.9. The molecule has 1 rings (SSSR count). The second-order valence-electron chi connectivity index (χ2n) is 5.67. The van der Waals surface area contributed by atoms with Gasteiger partial charge < -0.3 is 10.6 Å². The van der Waals surface area contributed by atoms with Crippen LogP contribution >= 0.6 is 0 Å². The van der Waals surface area contributed by atoms with E-state index < -0.39 is 0 Å². The summed E-state index contributed by atoms with van der Waals surface area (Å²) in [5.74, 6) is 0.152. The van der Waals surface area contributed by atoms with Crippen molar-refractivity contribution in [1.29, 1.82) is 0 Å². The van der Waals surface area contributed by atoms with Crippen LogP contribution in [0.5, 0.6) is 0 Å². The Kier molecular flexibility index (Phi) is 5.26. The van der Waals surface area contributed by atoms with Gasteiger partial charge in [-0.2, -0.15) is 0 Å². The Balaban J connectivity index is 2.05. The lowest BCUT2D eigenvalue weighted by molar-refractivity contribution is -0.121. The molecule has 1 aliphatic carbocycles. The van der Waals surface area contributed by atoms with Crippen LogP contribution in [0, 0.1) is 5.41 Å². The summed E-state index contributed by atoms with van der Waals surface area (Å²) in [5.41, 5.74) is 0.481. The van der Waals surface area contributed by atoms with Gasteiger partial charge in [0.2, 0.25) is 5.91 Å². The first-order valence-corrected chi connectivity index (χ1v) is 6.52. The number of hydrogen-bond donors (Lipinski definition) is 2. The lowest BCUT2D eigenvalue weighted by Crippen LogP contribution is -2.35. The minimum atomic E-state index is 0.152. The van der Waals surface area contributed by atoms with Crippen LogP contribution in [0.2, 0.25) is 0 Å². The molecule has 16 heavy (non-hydrogen) atoms. The normalized spacial score (nSPS) is 19.0. The van der Waals surface area contributed by atoms with Gasteiger partial charge in [0.1, 0.15) is 0 Å². The number of carbonyl (C=O) groups excluding carboxylic acids is 1. The molecule has 0 saturated heterocycles. The molecule has 3 heteroatoms. The van der Waals surface area contributed by atoms with Gasteiger partial charge >= 0.3 is 0 Å². The quantitative estimate of drug-likeness (QED) is 0.681. The van der Waals surface area contributed by atoms with Gasteiger partial charge in [0.25, 0.3) is 0 Å². The molecule has 0 unspecified atom stereocenters. The molecule has 0 aliphatic heterocycles. The number of hydrogen-bond acceptors (Lipinski definition) is 2. The third-order valence-corrected chi connectivity index (χ3v) is 3.34. The van der Waals surface area contributed by atoms with E-state index in [1.807, 2.05) is 13.8 Å². The molecule has 3 nitrogen and oxygen atoms in total. The Bertz CT molecular complexity index is 220. The molecule has 0 bridgehead atoms.